The van der Waals surface area contributed by atoms with Gasteiger partial charge in [0.25, 0.3) is 0 Å². The van der Waals surface area contributed by atoms with E-state index < -0.39 is 0 Å². The van der Waals surface area contributed by atoms with Gasteiger partial charge in [0.1, 0.15) is 5.82 Å². The molecule has 0 aliphatic carbocycles. The van der Waals surface area contributed by atoms with E-state index >= 15 is 0 Å². The molecule has 0 aromatic heterocycles. The van der Waals surface area contributed by atoms with E-state index in [0.29, 0.717) is 12.0 Å². The maximum Gasteiger partial charge on any atom is 0.226 e. The van der Waals surface area contributed by atoms with Gasteiger partial charge in [-0.05, 0) is 12.5 Å². The second-order valence-corrected chi connectivity index (χ2v) is 3.86. The Labute approximate surface area is 94.4 Å². The Hall–Kier alpha value is -1.64. The molecule has 0 bridgehead atoms. The Kier molecular flexibility index (Phi) is 3.34. The number of hydrogen-bond donors (Lipinski definition) is 0. The lowest BCUT2D eigenvalue weighted by atomic mass is 10.1. The minimum absolute atomic E-state index is 0.124. The van der Waals surface area contributed by atoms with Crippen molar-refractivity contribution < 1.29 is 9.18 Å². The molecular formula is C13H14FNO. The molecule has 1 heterocycles. The van der Waals surface area contributed by atoms with E-state index in [1.165, 1.54) is 6.07 Å². The van der Waals surface area contributed by atoms with E-state index in [0.717, 1.165) is 19.5 Å². The first-order valence-electron chi connectivity index (χ1n) is 5.46. The molecule has 16 heavy (non-hydrogen) atoms. The molecule has 0 atom stereocenters. The monoisotopic (exact) mass is 219 g/mol. The number of carbonyl (C=O) groups is 1. The number of carbonyl (C=O) groups excluding carboxylic acids is 1. The maximum absolute atomic E-state index is 13.2. The first-order chi connectivity index (χ1) is 7.77. The summed E-state index contributed by atoms with van der Waals surface area (Å²) in [5.41, 5.74) is 0.527. The summed E-state index contributed by atoms with van der Waals surface area (Å²) in [4.78, 5) is 13.3. The van der Waals surface area contributed by atoms with Crippen LogP contribution in [0.1, 0.15) is 18.4 Å². The smallest absolute Gasteiger partial charge is 0.226 e. The number of rotatable bonds is 3. The van der Waals surface area contributed by atoms with Crippen LogP contribution in [-0.2, 0) is 4.79 Å². The Balaban J connectivity index is 1.89. The third kappa shape index (κ3) is 2.48. The second-order valence-electron chi connectivity index (χ2n) is 3.86. The van der Waals surface area contributed by atoms with Gasteiger partial charge in [-0.2, -0.15) is 0 Å². The fraction of sp³-hybridized carbons (Fsp3) is 0.308. The van der Waals surface area contributed by atoms with Crippen LogP contribution in [0.3, 0.4) is 0 Å². The van der Waals surface area contributed by atoms with Crippen molar-refractivity contribution in [3.8, 4) is 0 Å². The largest absolute Gasteiger partial charge is 0.342 e. The molecule has 0 radical (unpaired) electrons. The summed E-state index contributed by atoms with van der Waals surface area (Å²) in [5, 5.41) is 0. The van der Waals surface area contributed by atoms with Crippen LogP contribution in [-0.4, -0.2) is 23.9 Å². The van der Waals surface area contributed by atoms with Crippen molar-refractivity contribution in [3.63, 3.8) is 0 Å². The van der Waals surface area contributed by atoms with Crippen LogP contribution in [0.2, 0.25) is 0 Å². The fourth-order valence-corrected chi connectivity index (χ4v) is 1.59. The zero-order chi connectivity index (χ0) is 11.4. The molecule has 0 N–H and O–H groups in total. The first kappa shape index (κ1) is 10.9. The molecule has 1 aliphatic heterocycles. The minimum atomic E-state index is -0.254. The highest BCUT2D eigenvalue weighted by atomic mass is 19.1. The van der Waals surface area contributed by atoms with Crippen LogP contribution in [0.4, 0.5) is 4.39 Å². The second kappa shape index (κ2) is 4.92. The molecule has 0 spiro atoms. The lowest BCUT2D eigenvalue weighted by Gasteiger charge is -2.30. The van der Waals surface area contributed by atoms with Crippen molar-refractivity contribution in [3.05, 3.63) is 41.7 Å². The Bertz CT molecular complexity index is 410. The van der Waals surface area contributed by atoms with Gasteiger partial charge in [0.15, 0.2) is 0 Å². The zero-order valence-corrected chi connectivity index (χ0v) is 9.03. The van der Waals surface area contributed by atoms with Crippen molar-refractivity contribution in [2.24, 2.45) is 0 Å². The molecular weight excluding hydrogens is 205 g/mol. The number of hydrogen-bond acceptors (Lipinski definition) is 1. The summed E-state index contributed by atoms with van der Waals surface area (Å²) in [7, 11) is 0. The third-order valence-corrected chi connectivity index (χ3v) is 2.70. The van der Waals surface area contributed by atoms with E-state index in [-0.39, 0.29) is 11.7 Å². The van der Waals surface area contributed by atoms with Crippen LogP contribution in [0, 0.1) is 5.82 Å². The minimum Gasteiger partial charge on any atom is -0.342 e. The van der Waals surface area contributed by atoms with E-state index in [1.54, 1.807) is 30.4 Å². The number of amides is 1. The number of nitrogens with zero attached hydrogens (tertiary/aromatic N) is 1. The highest BCUT2D eigenvalue weighted by Crippen LogP contribution is 2.11. The summed E-state index contributed by atoms with van der Waals surface area (Å²) < 4.78 is 13.2. The molecule has 2 rings (SSSR count). The van der Waals surface area contributed by atoms with Crippen molar-refractivity contribution in [2.75, 3.05) is 13.1 Å². The number of likely N-dealkylation sites (tertiary alicyclic amines) is 1. The predicted octanol–water partition coefficient (Wildman–Crippen LogP) is 2.46. The van der Waals surface area contributed by atoms with Crippen molar-refractivity contribution in [1.82, 2.24) is 4.90 Å². The molecule has 1 aliphatic rings. The van der Waals surface area contributed by atoms with Gasteiger partial charge < -0.3 is 4.90 Å². The summed E-state index contributed by atoms with van der Waals surface area (Å²) in [6.07, 6.45) is 4.84. The van der Waals surface area contributed by atoms with Crippen LogP contribution < -0.4 is 0 Å². The van der Waals surface area contributed by atoms with Gasteiger partial charge in [-0.25, -0.2) is 4.39 Å². The van der Waals surface area contributed by atoms with Gasteiger partial charge in [0, 0.05) is 25.1 Å². The summed E-state index contributed by atoms with van der Waals surface area (Å²) in [6.45, 7) is 1.73. The number of benzene rings is 1. The van der Waals surface area contributed by atoms with Gasteiger partial charge in [0.2, 0.25) is 5.91 Å². The Morgan fingerprint density at radius 3 is 2.75 bits per heavy atom. The molecule has 84 valence electrons. The van der Waals surface area contributed by atoms with Gasteiger partial charge in [-0.1, -0.05) is 30.4 Å². The van der Waals surface area contributed by atoms with Gasteiger partial charge >= 0.3 is 0 Å². The van der Waals surface area contributed by atoms with Gasteiger partial charge in [-0.3, -0.25) is 4.79 Å². The van der Waals surface area contributed by atoms with E-state index in [2.05, 4.69) is 0 Å². The predicted molar refractivity (Wildman–Crippen MR) is 61.2 cm³/mol. The SMILES string of the molecule is O=C(CC=Cc1ccccc1F)N1CCC1. The maximum atomic E-state index is 13.2. The molecule has 1 aromatic carbocycles. The van der Waals surface area contributed by atoms with Crippen molar-refractivity contribution in [2.45, 2.75) is 12.8 Å². The molecule has 1 saturated heterocycles. The topological polar surface area (TPSA) is 20.3 Å². The third-order valence-electron chi connectivity index (χ3n) is 2.70. The van der Waals surface area contributed by atoms with Crippen LogP contribution in [0.15, 0.2) is 30.3 Å². The molecule has 1 aromatic rings. The zero-order valence-electron chi connectivity index (χ0n) is 9.03. The summed E-state index contributed by atoms with van der Waals surface area (Å²) in [6, 6.07) is 6.54. The highest BCUT2D eigenvalue weighted by molar-refractivity contribution is 5.79. The van der Waals surface area contributed by atoms with Crippen molar-refractivity contribution in [1.29, 1.82) is 0 Å². The van der Waals surface area contributed by atoms with Crippen LogP contribution in [0.25, 0.3) is 6.08 Å². The molecule has 0 unspecified atom stereocenters. The quantitative estimate of drug-likeness (QED) is 0.764. The summed E-state index contributed by atoms with van der Waals surface area (Å²) in [5.74, 6) is -0.131. The average Bonchev–Trinajstić information content (AvgIpc) is 2.18. The summed E-state index contributed by atoms with van der Waals surface area (Å²) >= 11 is 0. The molecule has 3 heteroatoms. The lowest BCUT2D eigenvalue weighted by molar-refractivity contribution is -0.133. The molecule has 2 nitrogen and oxygen atoms in total. The average molecular weight is 219 g/mol. The first-order valence-corrected chi connectivity index (χ1v) is 5.46. The fourth-order valence-electron chi connectivity index (χ4n) is 1.59. The van der Waals surface area contributed by atoms with E-state index in [9.17, 15) is 9.18 Å². The highest BCUT2D eigenvalue weighted by Gasteiger charge is 2.18. The van der Waals surface area contributed by atoms with E-state index in [1.807, 2.05) is 4.90 Å². The van der Waals surface area contributed by atoms with Crippen LogP contribution >= 0.6 is 0 Å². The Morgan fingerprint density at radius 2 is 2.12 bits per heavy atom. The normalized spacial score (nSPS) is 15.2. The van der Waals surface area contributed by atoms with E-state index in [4.69, 9.17) is 0 Å². The Morgan fingerprint density at radius 1 is 1.38 bits per heavy atom. The van der Waals surface area contributed by atoms with Gasteiger partial charge in [0.05, 0.1) is 0 Å². The van der Waals surface area contributed by atoms with Crippen LogP contribution in [0.5, 0.6) is 0 Å². The van der Waals surface area contributed by atoms with Crippen molar-refractivity contribution >= 4 is 12.0 Å². The standard InChI is InChI=1S/C13H14FNO/c14-12-7-2-1-5-11(12)6-3-8-13(16)15-9-4-10-15/h1-3,5-7H,4,8-10H2. The number of halogens is 1. The molecule has 1 amide bonds. The lowest BCUT2D eigenvalue weighted by Crippen LogP contribution is -2.41. The molecule has 0 saturated carbocycles. The molecule has 1 fully saturated rings. The van der Waals surface area contributed by atoms with Gasteiger partial charge in [-0.15, -0.1) is 0 Å².